The summed E-state index contributed by atoms with van der Waals surface area (Å²) < 4.78 is 13.1. The second-order valence-electron chi connectivity index (χ2n) is 11.7. The Kier molecular flexibility index (Phi) is 9.19. The molecule has 1 saturated heterocycles. The van der Waals surface area contributed by atoms with E-state index in [0.29, 0.717) is 48.7 Å². The Morgan fingerprint density at radius 1 is 1.27 bits per heavy atom. The summed E-state index contributed by atoms with van der Waals surface area (Å²) >= 11 is 0. The highest BCUT2D eigenvalue weighted by molar-refractivity contribution is 6.76. The van der Waals surface area contributed by atoms with Crippen LogP contribution in [0.5, 0.6) is 0 Å². The fraction of sp³-hybridized carbons (Fsp3) is 0.680. The zero-order valence-corrected chi connectivity index (χ0v) is 24.1. The van der Waals surface area contributed by atoms with Gasteiger partial charge in [0, 0.05) is 34.0 Å². The van der Waals surface area contributed by atoms with E-state index in [9.17, 15) is 14.7 Å². The van der Waals surface area contributed by atoms with Gasteiger partial charge in [0.05, 0.1) is 30.5 Å². The van der Waals surface area contributed by atoms with Gasteiger partial charge in [-0.2, -0.15) is 0 Å². The topological polar surface area (TPSA) is 131 Å². The highest BCUT2D eigenvalue weighted by Gasteiger charge is 2.33. The van der Waals surface area contributed by atoms with Gasteiger partial charge in [0.2, 0.25) is 0 Å². The van der Waals surface area contributed by atoms with Gasteiger partial charge in [-0.25, -0.2) is 14.8 Å². The van der Waals surface area contributed by atoms with Gasteiger partial charge >= 0.3 is 6.09 Å². The van der Waals surface area contributed by atoms with Gasteiger partial charge in [-0.1, -0.05) is 19.6 Å². The average molecular weight is 535 g/mol. The standard InChI is InChI=1S/C25H42N6O5Si/c1-8-26-23(33)17-14-31(16-35-11-12-37(5,6)7)22-21(17)29-20(13-27-22)28-18-9-10-30(15-19(18)32)24(34)36-25(2,3)4/h13-14,18-19,32H,8-12,15-16H2,1-7H3,(H,26,33)(H,28,29)/t18-,19-/m1/s1. The van der Waals surface area contributed by atoms with Crippen molar-refractivity contribution in [3.63, 3.8) is 0 Å². The zero-order valence-electron chi connectivity index (χ0n) is 23.1. The number of likely N-dealkylation sites (tertiary alicyclic amines) is 1. The molecule has 3 heterocycles. The third kappa shape index (κ3) is 8.14. The van der Waals surface area contributed by atoms with Gasteiger partial charge in [-0.05, 0) is 40.2 Å². The molecule has 2 aromatic rings. The second kappa shape index (κ2) is 11.8. The van der Waals surface area contributed by atoms with Crippen molar-refractivity contribution in [3.05, 3.63) is 18.0 Å². The minimum absolute atomic E-state index is 0.150. The number of ether oxygens (including phenoxy) is 2. The number of fused-ring (bicyclic) bond motifs is 1. The first-order valence-electron chi connectivity index (χ1n) is 12.9. The lowest BCUT2D eigenvalue weighted by molar-refractivity contribution is 0.00116. The Hall–Kier alpha value is -2.70. The van der Waals surface area contributed by atoms with E-state index < -0.39 is 25.9 Å². The van der Waals surface area contributed by atoms with Gasteiger partial charge in [-0.15, -0.1) is 0 Å². The van der Waals surface area contributed by atoms with Crippen molar-refractivity contribution in [2.24, 2.45) is 0 Å². The minimum Gasteiger partial charge on any atom is -0.444 e. The van der Waals surface area contributed by atoms with Crippen LogP contribution in [0.4, 0.5) is 10.6 Å². The molecule has 2 aromatic heterocycles. The number of hydrogen-bond acceptors (Lipinski definition) is 8. The number of carbonyl (C=O) groups is 2. The molecule has 1 fully saturated rings. The number of amides is 2. The van der Waals surface area contributed by atoms with Crippen molar-refractivity contribution < 1.29 is 24.2 Å². The molecule has 2 atom stereocenters. The highest BCUT2D eigenvalue weighted by Crippen LogP contribution is 2.23. The summed E-state index contributed by atoms with van der Waals surface area (Å²) in [6, 6.07) is 0.717. The molecule has 0 aliphatic carbocycles. The van der Waals surface area contributed by atoms with Gasteiger partial charge in [0.1, 0.15) is 23.7 Å². The van der Waals surface area contributed by atoms with E-state index in [-0.39, 0.29) is 25.2 Å². The third-order valence-corrected chi connectivity index (χ3v) is 7.65. The SMILES string of the molecule is CCNC(=O)c1cn(COCC[Si](C)(C)C)c2ncc(N[C@@H]3CCN(C(=O)OC(C)(C)C)C[C@H]3O)nc12. The molecule has 3 N–H and O–H groups in total. The van der Waals surface area contributed by atoms with Crippen LogP contribution >= 0.6 is 0 Å². The van der Waals surface area contributed by atoms with Crippen LogP contribution in [0.1, 0.15) is 44.5 Å². The molecule has 3 rings (SSSR count). The molecule has 0 radical (unpaired) electrons. The Morgan fingerprint density at radius 2 is 2.00 bits per heavy atom. The molecule has 0 bridgehead atoms. The smallest absolute Gasteiger partial charge is 0.410 e. The Morgan fingerprint density at radius 3 is 2.62 bits per heavy atom. The van der Waals surface area contributed by atoms with Crippen LogP contribution in [-0.4, -0.2) is 88.6 Å². The Bertz CT molecular complexity index is 1090. The summed E-state index contributed by atoms with van der Waals surface area (Å²) in [6.07, 6.45) is 2.57. The summed E-state index contributed by atoms with van der Waals surface area (Å²) in [5, 5.41) is 16.8. The minimum atomic E-state index is -1.21. The normalized spacial score (nSPS) is 18.6. The first-order chi connectivity index (χ1) is 17.3. The third-order valence-electron chi connectivity index (χ3n) is 5.94. The number of piperidine rings is 1. The Labute approximate surface area is 219 Å². The molecular formula is C25H42N6O5Si. The number of β-amino-alcohol motifs (C(OH)–C–C–N with tert-alkyl or cyclic N) is 1. The maximum Gasteiger partial charge on any atom is 0.410 e. The van der Waals surface area contributed by atoms with Crippen molar-refractivity contribution in [3.8, 4) is 0 Å². The number of aliphatic hydroxyl groups is 1. The summed E-state index contributed by atoms with van der Waals surface area (Å²) in [5.41, 5.74) is 0.840. The number of nitrogens with one attached hydrogen (secondary N) is 2. The van der Waals surface area contributed by atoms with E-state index in [0.717, 1.165) is 6.04 Å². The molecule has 0 unspecified atom stereocenters. The molecule has 37 heavy (non-hydrogen) atoms. The maximum atomic E-state index is 12.7. The molecule has 0 saturated carbocycles. The van der Waals surface area contributed by atoms with Crippen LogP contribution in [0, 0.1) is 0 Å². The fourth-order valence-electron chi connectivity index (χ4n) is 3.97. The van der Waals surface area contributed by atoms with E-state index >= 15 is 0 Å². The van der Waals surface area contributed by atoms with E-state index in [1.54, 1.807) is 17.0 Å². The largest absolute Gasteiger partial charge is 0.444 e. The summed E-state index contributed by atoms with van der Waals surface area (Å²) in [5.74, 6) is 0.218. The summed E-state index contributed by atoms with van der Waals surface area (Å²) in [7, 11) is -1.21. The zero-order chi connectivity index (χ0) is 27.4. The van der Waals surface area contributed by atoms with Crippen molar-refractivity contribution in [2.45, 2.75) is 84.3 Å². The number of nitrogens with zero attached hydrogens (tertiary/aromatic N) is 4. The number of anilines is 1. The van der Waals surface area contributed by atoms with E-state index in [1.807, 2.05) is 27.7 Å². The van der Waals surface area contributed by atoms with Crippen molar-refractivity contribution in [1.29, 1.82) is 0 Å². The quantitative estimate of drug-likeness (QED) is 0.330. The van der Waals surface area contributed by atoms with Crippen molar-refractivity contribution in [2.75, 3.05) is 31.6 Å². The van der Waals surface area contributed by atoms with Crippen LogP contribution in [0.15, 0.2) is 12.4 Å². The fourth-order valence-corrected chi connectivity index (χ4v) is 4.72. The lowest BCUT2D eigenvalue weighted by Gasteiger charge is -2.37. The van der Waals surface area contributed by atoms with Gasteiger partial charge in [-0.3, -0.25) is 4.79 Å². The molecule has 1 aliphatic heterocycles. The lowest BCUT2D eigenvalue weighted by atomic mass is 10.0. The first-order valence-corrected chi connectivity index (χ1v) is 16.6. The van der Waals surface area contributed by atoms with Crippen molar-refractivity contribution in [1.82, 2.24) is 24.8 Å². The van der Waals surface area contributed by atoms with Crippen LogP contribution < -0.4 is 10.6 Å². The van der Waals surface area contributed by atoms with Crippen LogP contribution in [0.3, 0.4) is 0 Å². The number of rotatable bonds is 9. The van der Waals surface area contributed by atoms with E-state index in [4.69, 9.17) is 9.47 Å². The summed E-state index contributed by atoms with van der Waals surface area (Å²) in [4.78, 5) is 35.9. The van der Waals surface area contributed by atoms with Crippen LogP contribution in [0.2, 0.25) is 25.7 Å². The molecule has 206 valence electrons. The second-order valence-corrected chi connectivity index (χ2v) is 17.3. The van der Waals surface area contributed by atoms with Crippen LogP contribution in [0.25, 0.3) is 11.2 Å². The maximum absolute atomic E-state index is 12.7. The monoisotopic (exact) mass is 534 g/mol. The molecule has 0 spiro atoms. The van der Waals surface area contributed by atoms with Gasteiger partial charge in [0.25, 0.3) is 5.91 Å². The average Bonchev–Trinajstić information content (AvgIpc) is 3.14. The van der Waals surface area contributed by atoms with Crippen LogP contribution in [-0.2, 0) is 16.2 Å². The molecule has 2 amide bonds. The van der Waals surface area contributed by atoms with Gasteiger partial charge in [0.15, 0.2) is 5.65 Å². The van der Waals surface area contributed by atoms with E-state index in [1.165, 1.54) is 4.90 Å². The summed E-state index contributed by atoms with van der Waals surface area (Å²) in [6.45, 7) is 16.2. The molecular weight excluding hydrogens is 492 g/mol. The molecule has 1 aliphatic rings. The number of aliphatic hydroxyl groups excluding tert-OH is 1. The van der Waals surface area contributed by atoms with Gasteiger partial charge < -0.3 is 34.7 Å². The number of carbonyl (C=O) groups excluding carboxylic acids is 2. The van der Waals surface area contributed by atoms with Crippen molar-refractivity contribution >= 4 is 37.1 Å². The Balaban J connectivity index is 1.73. The molecule has 0 aromatic carbocycles. The van der Waals surface area contributed by atoms with E-state index in [2.05, 4.69) is 40.2 Å². The number of aromatic nitrogens is 3. The molecule has 11 nitrogen and oxygen atoms in total. The first kappa shape index (κ1) is 28.9. The highest BCUT2D eigenvalue weighted by atomic mass is 28.3. The lowest BCUT2D eigenvalue weighted by Crippen LogP contribution is -2.52. The molecule has 12 heteroatoms. The predicted molar refractivity (Wildman–Crippen MR) is 145 cm³/mol. The number of hydrogen-bond donors (Lipinski definition) is 3. The predicted octanol–water partition coefficient (Wildman–Crippen LogP) is 3.28.